The number of rotatable bonds is 1. The van der Waals surface area contributed by atoms with E-state index in [9.17, 15) is 9.59 Å². The lowest BCUT2D eigenvalue weighted by Crippen LogP contribution is -2.55. The maximum absolute atomic E-state index is 12.2. The van der Waals surface area contributed by atoms with Crippen molar-refractivity contribution >= 4 is 17.6 Å². The molecule has 1 aromatic rings. The summed E-state index contributed by atoms with van der Waals surface area (Å²) in [6.45, 7) is 0.666. The molecule has 1 N–H and O–H groups in total. The number of fused-ring (bicyclic) bond motifs is 1. The Labute approximate surface area is 99.0 Å². The topological polar surface area (TPSA) is 52.7 Å². The zero-order chi connectivity index (χ0) is 11.8. The van der Waals surface area contributed by atoms with Crippen LogP contribution in [-0.2, 0) is 4.79 Å². The van der Waals surface area contributed by atoms with Crippen molar-refractivity contribution in [3.05, 3.63) is 30.3 Å². The summed E-state index contributed by atoms with van der Waals surface area (Å²) in [5.41, 5.74) is 3.48. The van der Waals surface area contributed by atoms with E-state index in [-0.39, 0.29) is 18.0 Å². The Balaban J connectivity index is 1.85. The third-order valence-electron chi connectivity index (χ3n) is 3.22. The van der Waals surface area contributed by atoms with Crippen LogP contribution in [0.3, 0.4) is 0 Å². The van der Waals surface area contributed by atoms with E-state index in [2.05, 4.69) is 5.43 Å². The Bertz CT molecular complexity index is 460. The molecular weight excluding hydrogens is 218 g/mol. The fourth-order valence-corrected chi connectivity index (χ4v) is 2.36. The molecule has 2 aliphatic rings. The second-order valence-corrected chi connectivity index (χ2v) is 4.32. The average Bonchev–Trinajstić information content (AvgIpc) is 2.72. The number of benzene rings is 1. The van der Waals surface area contributed by atoms with Crippen LogP contribution in [0.5, 0.6) is 0 Å². The Morgan fingerprint density at radius 2 is 1.94 bits per heavy atom. The quantitative estimate of drug-likeness (QED) is 0.787. The van der Waals surface area contributed by atoms with Crippen LogP contribution in [-0.4, -0.2) is 29.5 Å². The minimum atomic E-state index is -0.140. The molecule has 88 valence electrons. The number of amides is 3. The van der Waals surface area contributed by atoms with Gasteiger partial charge in [0, 0.05) is 12.2 Å². The van der Waals surface area contributed by atoms with E-state index in [1.165, 1.54) is 5.01 Å². The standard InChI is InChI=1S/C12H13N3O2/c16-11-8-10-6-7-14(12(17)15(10)13-11)9-4-2-1-3-5-9/h1-5,10H,6-8H2,(H,13,16). The van der Waals surface area contributed by atoms with Gasteiger partial charge in [-0.15, -0.1) is 0 Å². The Hall–Kier alpha value is -2.04. The summed E-state index contributed by atoms with van der Waals surface area (Å²) >= 11 is 0. The van der Waals surface area contributed by atoms with Gasteiger partial charge in [0.15, 0.2) is 0 Å². The van der Waals surface area contributed by atoms with Crippen LogP contribution in [0.4, 0.5) is 10.5 Å². The fraction of sp³-hybridized carbons (Fsp3) is 0.333. The number of carbonyl (C=O) groups excluding carboxylic acids is 2. The summed E-state index contributed by atoms with van der Waals surface area (Å²) < 4.78 is 0. The molecule has 2 aliphatic heterocycles. The van der Waals surface area contributed by atoms with E-state index in [1.807, 2.05) is 30.3 Å². The number of nitrogens with zero attached hydrogens (tertiary/aromatic N) is 2. The van der Waals surface area contributed by atoms with Gasteiger partial charge in [0.05, 0.1) is 12.5 Å². The molecule has 1 aromatic carbocycles. The number of nitrogens with one attached hydrogen (secondary N) is 1. The molecule has 0 radical (unpaired) electrons. The van der Waals surface area contributed by atoms with Gasteiger partial charge in [0.1, 0.15) is 0 Å². The van der Waals surface area contributed by atoms with Crippen LogP contribution in [0.1, 0.15) is 12.8 Å². The summed E-state index contributed by atoms with van der Waals surface area (Å²) in [6, 6.07) is 9.40. The number of hydrogen-bond donors (Lipinski definition) is 1. The van der Waals surface area contributed by atoms with E-state index in [0.717, 1.165) is 12.1 Å². The first-order valence-electron chi connectivity index (χ1n) is 5.71. The van der Waals surface area contributed by atoms with Crippen molar-refractivity contribution < 1.29 is 9.59 Å². The van der Waals surface area contributed by atoms with Crippen molar-refractivity contribution in [3.63, 3.8) is 0 Å². The molecule has 0 spiro atoms. The van der Waals surface area contributed by atoms with Crippen LogP contribution in [0, 0.1) is 0 Å². The molecule has 0 aliphatic carbocycles. The highest BCUT2D eigenvalue weighted by Crippen LogP contribution is 2.25. The van der Waals surface area contributed by atoms with Gasteiger partial charge >= 0.3 is 6.03 Å². The van der Waals surface area contributed by atoms with Crippen molar-refractivity contribution in [1.29, 1.82) is 0 Å². The summed E-state index contributed by atoms with van der Waals surface area (Å²) in [5.74, 6) is -0.0711. The van der Waals surface area contributed by atoms with Crippen molar-refractivity contribution in [3.8, 4) is 0 Å². The van der Waals surface area contributed by atoms with E-state index in [1.54, 1.807) is 4.90 Å². The monoisotopic (exact) mass is 231 g/mol. The number of hydrogen-bond acceptors (Lipinski definition) is 2. The third kappa shape index (κ3) is 1.63. The third-order valence-corrected chi connectivity index (χ3v) is 3.22. The average molecular weight is 231 g/mol. The lowest BCUT2D eigenvalue weighted by molar-refractivity contribution is -0.120. The van der Waals surface area contributed by atoms with Crippen molar-refractivity contribution in [2.45, 2.75) is 18.9 Å². The lowest BCUT2D eigenvalue weighted by Gasteiger charge is -2.36. The molecule has 2 fully saturated rings. The Morgan fingerprint density at radius 3 is 2.71 bits per heavy atom. The molecule has 0 bridgehead atoms. The van der Waals surface area contributed by atoms with Gasteiger partial charge in [-0.3, -0.25) is 15.1 Å². The molecule has 3 rings (SSSR count). The van der Waals surface area contributed by atoms with Gasteiger partial charge in [-0.2, -0.15) is 0 Å². The predicted molar refractivity (Wildman–Crippen MR) is 62.2 cm³/mol. The molecule has 1 atom stereocenters. The van der Waals surface area contributed by atoms with Crippen LogP contribution >= 0.6 is 0 Å². The molecule has 0 aromatic heterocycles. The Kier molecular flexibility index (Phi) is 2.24. The smallest absolute Gasteiger partial charge is 0.293 e. The number of hydrazine groups is 1. The number of para-hydroxylation sites is 1. The maximum Gasteiger partial charge on any atom is 0.343 e. The SMILES string of the molecule is O=C1CC2CCN(c3ccccc3)C(=O)N2N1. The number of carbonyl (C=O) groups is 2. The molecule has 17 heavy (non-hydrogen) atoms. The highest BCUT2D eigenvalue weighted by Gasteiger charge is 2.40. The second-order valence-electron chi connectivity index (χ2n) is 4.32. The summed E-state index contributed by atoms with van der Waals surface area (Å²) in [5, 5.41) is 1.46. The summed E-state index contributed by atoms with van der Waals surface area (Å²) in [7, 11) is 0. The lowest BCUT2D eigenvalue weighted by atomic mass is 10.1. The first-order valence-corrected chi connectivity index (χ1v) is 5.71. The largest absolute Gasteiger partial charge is 0.343 e. The van der Waals surface area contributed by atoms with Gasteiger partial charge in [-0.1, -0.05) is 18.2 Å². The van der Waals surface area contributed by atoms with E-state index >= 15 is 0 Å². The number of urea groups is 1. The van der Waals surface area contributed by atoms with Gasteiger partial charge in [0.25, 0.3) is 0 Å². The zero-order valence-electron chi connectivity index (χ0n) is 9.30. The molecular formula is C12H13N3O2. The minimum Gasteiger partial charge on any atom is -0.293 e. The van der Waals surface area contributed by atoms with Gasteiger partial charge in [-0.05, 0) is 18.6 Å². The minimum absolute atomic E-state index is 0.0231. The highest BCUT2D eigenvalue weighted by atomic mass is 16.2. The van der Waals surface area contributed by atoms with E-state index < -0.39 is 0 Å². The van der Waals surface area contributed by atoms with Crippen LogP contribution in [0.15, 0.2) is 30.3 Å². The molecule has 2 heterocycles. The van der Waals surface area contributed by atoms with Crippen molar-refractivity contribution in [2.75, 3.05) is 11.4 Å². The van der Waals surface area contributed by atoms with Crippen LogP contribution < -0.4 is 10.3 Å². The summed E-state index contributed by atoms with van der Waals surface area (Å²) in [4.78, 5) is 25.2. The highest BCUT2D eigenvalue weighted by molar-refractivity contribution is 5.96. The van der Waals surface area contributed by atoms with Crippen molar-refractivity contribution in [1.82, 2.24) is 10.4 Å². The van der Waals surface area contributed by atoms with Gasteiger partial charge in [0.2, 0.25) is 5.91 Å². The first kappa shape index (κ1) is 10.1. The van der Waals surface area contributed by atoms with E-state index in [0.29, 0.717) is 13.0 Å². The van der Waals surface area contributed by atoms with Gasteiger partial charge in [-0.25, -0.2) is 9.80 Å². The van der Waals surface area contributed by atoms with E-state index in [4.69, 9.17) is 0 Å². The van der Waals surface area contributed by atoms with Crippen LogP contribution in [0.25, 0.3) is 0 Å². The summed E-state index contributed by atoms with van der Waals surface area (Å²) in [6.07, 6.45) is 1.24. The Morgan fingerprint density at radius 1 is 1.18 bits per heavy atom. The molecule has 1 unspecified atom stereocenters. The molecule has 5 nitrogen and oxygen atoms in total. The predicted octanol–water partition coefficient (Wildman–Crippen LogP) is 1.12. The molecule has 3 amide bonds. The fourth-order valence-electron chi connectivity index (χ4n) is 2.36. The number of anilines is 1. The molecule has 5 heteroatoms. The van der Waals surface area contributed by atoms with Crippen molar-refractivity contribution in [2.24, 2.45) is 0 Å². The second kappa shape index (κ2) is 3.76. The normalized spacial score (nSPS) is 23.6. The molecule has 2 saturated heterocycles. The molecule has 0 saturated carbocycles. The van der Waals surface area contributed by atoms with Crippen LogP contribution in [0.2, 0.25) is 0 Å². The first-order chi connectivity index (χ1) is 8.25. The zero-order valence-corrected chi connectivity index (χ0v) is 9.30. The van der Waals surface area contributed by atoms with Gasteiger partial charge < -0.3 is 0 Å². The maximum atomic E-state index is 12.2.